The Kier molecular flexibility index (Phi) is 2.83. The smallest absolute Gasteiger partial charge is 0.265 e. The van der Waals surface area contributed by atoms with E-state index in [-0.39, 0.29) is 12.5 Å². The van der Waals surface area contributed by atoms with Gasteiger partial charge in [0.25, 0.3) is 5.91 Å². The van der Waals surface area contributed by atoms with Crippen LogP contribution < -0.4 is 20.7 Å². The molecule has 2 aliphatic heterocycles. The number of carbonyl (C=O) groups excluding carboxylic acids is 1. The van der Waals surface area contributed by atoms with E-state index in [1.807, 2.05) is 6.07 Å². The fourth-order valence-electron chi connectivity index (χ4n) is 2.55. The van der Waals surface area contributed by atoms with Gasteiger partial charge >= 0.3 is 0 Å². The van der Waals surface area contributed by atoms with Crippen molar-refractivity contribution in [1.82, 2.24) is 5.32 Å². The van der Waals surface area contributed by atoms with Gasteiger partial charge in [0.1, 0.15) is 5.75 Å². The van der Waals surface area contributed by atoms with Gasteiger partial charge in [0.2, 0.25) is 0 Å². The average Bonchev–Trinajstić information content (AvgIpc) is 2.86. The summed E-state index contributed by atoms with van der Waals surface area (Å²) in [6.07, 6.45) is 2.29. The lowest BCUT2D eigenvalue weighted by Crippen LogP contribution is -2.45. The molecule has 0 spiro atoms. The molecule has 2 aliphatic rings. The highest BCUT2D eigenvalue weighted by molar-refractivity contribution is 5.98. The number of rotatable bonds is 2. The third-order valence-electron chi connectivity index (χ3n) is 3.49. The van der Waals surface area contributed by atoms with Crippen LogP contribution in [0.5, 0.6) is 5.75 Å². The molecule has 1 atom stereocenters. The summed E-state index contributed by atoms with van der Waals surface area (Å²) in [4.78, 5) is 13.8. The topological polar surface area (TPSA) is 67.6 Å². The number of carbonyl (C=O) groups is 1. The normalized spacial score (nSPS) is 22.8. The molecule has 3 N–H and O–H groups in total. The van der Waals surface area contributed by atoms with E-state index in [0.29, 0.717) is 18.3 Å². The van der Waals surface area contributed by atoms with Crippen LogP contribution in [-0.4, -0.2) is 31.6 Å². The largest absolute Gasteiger partial charge is 0.482 e. The number of benzene rings is 1. The van der Waals surface area contributed by atoms with Crippen molar-refractivity contribution in [2.75, 3.05) is 30.3 Å². The Morgan fingerprint density at radius 3 is 3.17 bits per heavy atom. The Labute approximate surface area is 106 Å². The second kappa shape index (κ2) is 4.49. The highest BCUT2D eigenvalue weighted by Crippen LogP contribution is 2.34. The molecule has 18 heavy (non-hydrogen) atoms. The molecule has 1 unspecified atom stereocenters. The van der Waals surface area contributed by atoms with Crippen molar-refractivity contribution in [3.8, 4) is 5.75 Å². The van der Waals surface area contributed by atoms with Gasteiger partial charge in [-0.2, -0.15) is 0 Å². The number of nitrogen functional groups attached to an aromatic ring is 1. The Hall–Kier alpha value is -1.75. The van der Waals surface area contributed by atoms with Gasteiger partial charge in [-0.15, -0.1) is 0 Å². The zero-order chi connectivity index (χ0) is 12.5. The Morgan fingerprint density at radius 1 is 1.50 bits per heavy atom. The highest BCUT2D eigenvalue weighted by Gasteiger charge is 2.28. The zero-order valence-electron chi connectivity index (χ0n) is 10.2. The zero-order valence-corrected chi connectivity index (χ0v) is 10.2. The van der Waals surface area contributed by atoms with Gasteiger partial charge in [0.05, 0.1) is 5.69 Å². The number of anilines is 2. The van der Waals surface area contributed by atoms with Crippen molar-refractivity contribution in [3.05, 3.63) is 18.2 Å². The van der Waals surface area contributed by atoms with Gasteiger partial charge in [-0.25, -0.2) is 0 Å². The molecule has 5 heteroatoms. The van der Waals surface area contributed by atoms with Gasteiger partial charge in [-0.1, -0.05) is 0 Å². The summed E-state index contributed by atoms with van der Waals surface area (Å²) >= 11 is 0. The van der Waals surface area contributed by atoms with E-state index in [0.717, 1.165) is 24.4 Å². The molecule has 1 fully saturated rings. The molecule has 2 heterocycles. The molecule has 1 aromatic rings. The standard InChI is InChI=1S/C13H17N3O2/c14-9-3-4-12-11(6-9)16(13(17)8-18-12)7-10-2-1-5-15-10/h3-4,6,10,15H,1-2,5,7-8,14H2. The predicted molar refractivity (Wildman–Crippen MR) is 69.7 cm³/mol. The number of hydrogen-bond acceptors (Lipinski definition) is 4. The van der Waals surface area contributed by atoms with Gasteiger partial charge in [0.15, 0.2) is 6.61 Å². The van der Waals surface area contributed by atoms with Crippen LogP contribution in [-0.2, 0) is 4.79 Å². The first kappa shape index (κ1) is 11.3. The molecule has 1 amide bonds. The van der Waals surface area contributed by atoms with Crippen molar-refractivity contribution in [2.24, 2.45) is 0 Å². The van der Waals surface area contributed by atoms with Gasteiger partial charge in [-0.05, 0) is 37.6 Å². The summed E-state index contributed by atoms with van der Waals surface area (Å²) in [5.41, 5.74) is 7.23. The van der Waals surface area contributed by atoms with Crippen molar-refractivity contribution in [2.45, 2.75) is 18.9 Å². The number of amides is 1. The number of hydrogen-bond donors (Lipinski definition) is 2. The fourth-order valence-corrected chi connectivity index (χ4v) is 2.55. The van der Waals surface area contributed by atoms with Crippen LogP contribution in [0, 0.1) is 0 Å². The van der Waals surface area contributed by atoms with E-state index in [9.17, 15) is 4.79 Å². The first-order chi connectivity index (χ1) is 8.74. The minimum atomic E-state index is 0.00167. The van der Waals surface area contributed by atoms with E-state index in [1.54, 1.807) is 17.0 Å². The maximum atomic E-state index is 12.0. The maximum absolute atomic E-state index is 12.0. The first-order valence-electron chi connectivity index (χ1n) is 6.30. The molecule has 0 radical (unpaired) electrons. The molecule has 3 rings (SSSR count). The molecule has 0 bridgehead atoms. The summed E-state index contributed by atoms with van der Waals surface area (Å²) in [6, 6.07) is 5.80. The molecule has 0 saturated carbocycles. The second-order valence-electron chi connectivity index (χ2n) is 4.81. The lowest BCUT2D eigenvalue weighted by Gasteiger charge is -2.31. The summed E-state index contributed by atoms with van der Waals surface area (Å²) in [7, 11) is 0. The number of nitrogens with two attached hydrogens (primary N) is 1. The monoisotopic (exact) mass is 247 g/mol. The molecule has 1 saturated heterocycles. The SMILES string of the molecule is Nc1ccc2c(c1)N(CC1CCCN1)C(=O)CO2. The second-order valence-corrected chi connectivity index (χ2v) is 4.81. The minimum absolute atomic E-state index is 0.00167. The van der Waals surface area contributed by atoms with E-state index >= 15 is 0 Å². The van der Waals surface area contributed by atoms with Crippen molar-refractivity contribution < 1.29 is 9.53 Å². The van der Waals surface area contributed by atoms with Crippen LogP contribution in [0.15, 0.2) is 18.2 Å². The fraction of sp³-hybridized carbons (Fsp3) is 0.462. The number of nitrogens with zero attached hydrogens (tertiary/aromatic N) is 1. The number of fused-ring (bicyclic) bond motifs is 1. The maximum Gasteiger partial charge on any atom is 0.265 e. The third-order valence-corrected chi connectivity index (χ3v) is 3.49. The van der Waals surface area contributed by atoms with E-state index in [4.69, 9.17) is 10.5 Å². The van der Waals surface area contributed by atoms with Crippen LogP contribution in [0.3, 0.4) is 0 Å². The minimum Gasteiger partial charge on any atom is -0.482 e. The Bertz CT molecular complexity index is 469. The number of ether oxygens (including phenoxy) is 1. The van der Waals surface area contributed by atoms with Crippen molar-refractivity contribution in [1.29, 1.82) is 0 Å². The summed E-state index contributed by atoms with van der Waals surface area (Å²) in [5, 5.41) is 3.40. The van der Waals surface area contributed by atoms with E-state index in [1.165, 1.54) is 6.42 Å². The van der Waals surface area contributed by atoms with Gasteiger partial charge in [0, 0.05) is 18.3 Å². The summed E-state index contributed by atoms with van der Waals surface area (Å²) in [6.45, 7) is 1.84. The first-order valence-corrected chi connectivity index (χ1v) is 6.30. The molecule has 1 aromatic carbocycles. The molecule has 0 aromatic heterocycles. The Balaban J connectivity index is 1.88. The van der Waals surface area contributed by atoms with Crippen LogP contribution in [0.2, 0.25) is 0 Å². The quantitative estimate of drug-likeness (QED) is 0.757. The molecular weight excluding hydrogens is 230 g/mol. The van der Waals surface area contributed by atoms with E-state index in [2.05, 4.69) is 5.32 Å². The van der Waals surface area contributed by atoms with Gasteiger partial charge < -0.3 is 20.7 Å². The van der Waals surface area contributed by atoms with Crippen LogP contribution >= 0.6 is 0 Å². The molecule has 5 nitrogen and oxygen atoms in total. The average molecular weight is 247 g/mol. The Morgan fingerprint density at radius 2 is 2.39 bits per heavy atom. The van der Waals surface area contributed by atoms with Crippen molar-refractivity contribution in [3.63, 3.8) is 0 Å². The third kappa shape index (κ3) is 2.01. The molecular formula is C13H17N3O2. The van der Waals surface area contributed by atoms with Crippen LogP contribution in [0.4, 0.5) is 11.4 Å². The van der Waals surface area contributed by atoms with Gasteiger partial charge in [-0.3, -0.25) is 4.79 Å². The van der Waals surface area contributed by atoms with Crippen LogP contribution in [0.1, 0.15) is 12.8 Å². The summed E-state index contributed by atoms with van der Waals surface area (Å²) < 4.78 is 5.42. The lowest BCUT2D eigenvalue weighted by molar-refractivity contribution is -0.121. The predicted octanol–water partition coefficient (Wildman–Crippen LogP) is 0.746. The number of nitrogens with one attached hydrogen (secondary N) is 1. The lowest BCUT2D eigenvalue weighted by atomic mass is 10.1. The van der Waals surface area contributed by atoms with Crippen molar-refractivity contribution >= 4 is 17.3 Å². The molecule has 96 valence electrons. The molecule has 0 aliphatic carbocycles. The highest BCUT2D eigenvalue weighted by atomic mass is 16.5. The summed E-state index contributed by atoms with van der Waals surface area (Å²) in [5.74, 6) is 0.739. The van der Waals surface area contributed by atoms with Crippen LogP contribution in [0.25, 0.3) is 0 Å². The van der Waals surface area contributed by atoms with E-state index < -0.39 is 0 Å².